The molecule has 0 saturated carbocycles. The Bertz CT molecular complexity index is 1010. The van der Waals surface area contributed by atoms with Gasteiger partial charge in [0.25, 0.3) is 11.5 Å². The van der Waals surface area contributed by atoms with Crippen molar-refractivity contribution in [3.8, 4) is 0 Å². The minimum Gasteiger partial charge on any atom is -0.466 e. The van der Waals surface area contributed by atoms with Crippen LogP contribution in [0.4, 0.5) is 0 Å². The lowest BCUT2D eigenvalue weighted by atomic mass is 9.97. The van der Waals surface area contributed by atoms with Crippen LogP contribution in [0.15, 0.2) is 23.0 Å². The molecule has 2 heterocycles. The topological polar surface area (TPSA) is 84.4 Å². The Hall–Kier alpha value is -2.48. The van der Waals surface area contributed by atoms with Gasteiger partial charge >= 0.3 is 5.97 Å². The maximum Gasteiger partial charge on any atom is 0.310 e. The molecule has 0 spiro atoms. The highest BCUT2D eigenvalue weighted by Gasteiger charge is 2.29. The van der Waals surface area contributed by atoms with Gasteiger partial charge in [0, 0.05) is 25.2 Å². The van der Waals surface area contributed by atoms with Crippen molar-refractivity contribution in [3.63, 3.8) is 0 Å². The number of carbonyl (C=O) groups is 2. The predicted octanol–water partition coefficient (Wildman–Crippen LogP) is 2.88. The smallest absolute Gasteiger partial charge is 0.310 e. The molecular weight excluding hydrogens is 378 g/mol. The van der Waals surface area contributed by atoms with Gasteiger partial charge in [0.15, 0.2) is 4.77 Å². The first-order valence-electron chi connectivity index (χ1n) is 9.69. The standard InChI is InChI=1S/C20H25N3O4S/c1-3-9-23-18(25)15-8-7-13(11-16(15)21-20(23)28)17(24)22-10-5-6-14(12-22)19(26)27-4-2/h7-8,11,14H,3-6,9-10,12H2,1-2H3,(H,21,28)/t14-/m0/s1. The predicted molar refractivity (Wildman–Crippen MR) is 109 cm³/mol. The first-order chi connectivity index (χ1) is 13.5. The summed E-state index contributed by atoms with van der Waals surface area (Å²) in [6, 6.07) is 4.99. The van der Waals surface area contributed by atoms with Crippen molar-refractivity contribution < 1.29 is 14.3 Å². The molecule has 3 rings (SSSR count). The molecule has 0 aliphatic carbocycles. The van der Waals surface area contributed by atoms with E-state index < -0.39 is 0 Å². The number of nitrogens with one attached hydrogen (secondary N) is 1. The zero-order valence-electron chi connectivity index (χ0n) is 16.2. The number of aromatic amines is 1. The molecule has 7 nitrogen and oxygen atoms in total. The summed E-state index contributed by atoms with van der Waals surface area (Å²) in [4.78, 5) is 42.4. The average molecular weight is 404 g/mol. The molecule has 0 bridgehead atoms. The van der Waals surface area contributed by atoms with E-state index in [-0.39, 0.29) is 23.4 Å². The van der Waals surface area contributed by atoms with E-state index >= 15 is 0 Å². The lowest BCUT2D eigenvalue weighted by Crippen LogP contribution is -2.42. The van der Waals surface area contributed by atoms with Gasteiger partial charge in [-0.05, 0) is 56.6 Å². The third-order valence-electron chi connectivity index (χ3n) is 5.00. The minimum absolute atomic E-state index is 0.153. The van der Waals surface area contributed by atoms with Crippen molar-refractivity contribution in [2.24, 2.45) is 5.92 Å². The lowest BCUT2D eigenvalue weighted by Gasteiger charge is -2.31. The SMILES string of the molecule is CCCn1c(=S)[nH]c2cc(C(=O)N3CCC[C@H](C(=O)OCC)C3)ccc2c1=O. The quantitative estimate of drug-likeness (QED) is 0.613. The van der Waals surface area contributed by atoms with Gasteiger partial charge in [-0.1, -0.05) is 6.92 Å². The van der Waals surface area contributed by atoms with E-state index in [2.05, 4.69) is 4.98 Å². The van der Waals surface area contributed by atoms with Crippen molar-refractivity contribution in [2.45, 2.75) is 39.7 Å². The Balaban J connectivity index is 1.88. The van der Waals surface area contributed by atoms with E-state index in [0.717, 1.165) is 19.3 Å². The Morgan fingerprint density at radius 2 is 2.11 bits per heavy atom. The fourth-order valence-electron chi connectivity index (χ4n) is 3.61. The molecule has 1 N–H and O–H groups in total. The highest BCUT2D eigenvalue weighted by Crippen LogP contribution is 2.21. The van der Waals surface area contributed by atoms with E-state index in [0.29, 0.717) is 47.5 Å². The summed E-state index contributed by atoms with van der Waals surface area (Å²) in [6.45, 7) is 5.59. The number of rotatable bonds is 5. The maximum atomic E-state index is 13.0. The van der Waals surface area contributed by atoms with E-state index in [1.54, 1.807) is 30.0 Å². The number of amides is 1. The van der Waals surface area contributed by atoms with Crippen LogP contribution >= 0.6 is 12.2 Å². The van der Waals surface area contributed by atoms with Gasteiger partial charge < -0.3 is 14.6 Å². The Morgan fingerprint density at radius 3 is 2.82 bits per heavy atom. The third kappa shape index (κ3) is 4.01. The van der Waals surface area contributed by atoms with E-state index in [1.165, 1.54) is 4.57 Å². The monoisotopic (exact) mass is 403 g/mol. The Labute approximate surface area is 168 Å². The van der Waals surface area contributed by atoms with Crippen LogP contribution in [-0.4, -0.2) is 46.0 Å². The van der Waals surface area contributed by atoms with Crippen molar-refractivity contribution >= 4 is 35.0 Å². The molecule has 1 aromatic heterocycles. The minimum atomic E-state index is -0.287. The number of carbonyl (C=O) groups excluding carboxylic acids is 2. The molecule has 1 atom stereocenters. The van der Waals surface area contributed by atoms with Crippen LogP contribution in [0.5, 0.6) is 0 Å². The number of H-pyrrole nitrogens is 1. The number of hydrogen-bond donors (Lipinski definition) is 1. The van der Waals surface area contributed by atoms with Crippen LogP contribution in [0.25, 0.3) is 10.9 Å². The highest BCUT2D eigenvalue weighted by molar-refractivity contribution is 7.71. The summed E-state index contributed by atoms with van der Waals surface area (Å²) >= 11 is 5.30. The summed E-state index contributed by atoms with van der Waals surface area (Å²) in [5.74, 6) is -0.697. The van der Waals surface area contributed by atoms with Crippen molar-refractivity contribution in [1.82, 2.24) is 14.5 Å². The van der Waals surface area contributed by atoms with Crippen LogP contribution in [0, 0.1) is 10.7 Å². The number of hydrogen-bond acceptors (Lipinski definition) is 5. The molecule has 2 aromatic rings. The zero-order valence-corrected chi connectivity index (χ0v) is 17.0. The van der Waals surface area contributed by atoms with Crippen LogP contribution in [0.2, 0.25) is 0 Å². The summed E-state index contributed by atoms with van der Waals surface area (Å²) in [7, 11) is 0. The van der Waals surface area contributed by atoms with E-state index in [4.69, 9.17) is 17.0 Å². The number of ether oxygens (including phenoxy) is 1. The summed E-state index contributed by atoms with van der Waals surface area (Å²) < 4.78 is 6.99. The molecule has 8 heteroatoms. The van der Waals surface area contributed by atoms with Gasteiger partial charge in [-0.2, -0.15) is 0 Å². The third-order valence-corrected chi connectivity index (χ3v) is 5.33. The normalized spacial score (nSPS) is 16.9. The van der Waals surface area contributed by atoms with Crippen LogP contribution < -0.4 is 5.56 Å². The van der Waals surface area contributed by atoms with Crippen LogP contribution in [0.3, 0.4) is 0 Å². The van der Waals surface area contributed by atoms with Crippen molar-refractivity contribution in [2.75, 3.05) is 19.7 Å². The zero-order chi connectivity index (χ0) is 20.3. The summed E-state index contributed by atoms with van der Waals surface area (Å²) in [5.41, 5.74) is 0.863. The van der Waals surface area contributed by atoms with E-state index in [9.17, 15) is 14.4 Å². The Morgan fingerprint density at radius 1 is 1.32 bits per heavy atom. The van der Waals surface area contributed by atoms with Crippen LogP contribution in [0.1, 0.15) is 43.5 Å². The number of benzene rings is 1. The average Bonchev–Trinajstić information content (AvgIpc) is 2.70. The number of piperidine rings is 1. The molecule has 1 saturated heterocycles. The fraction of sp³-hybridized carbons (Fsp3) is 0.500. The maximum absolute atomic E-state index is 13.0. The van der Waals surface area contributed by atoms with Gasteiger partial charge in [0.1, 0.15) is 0 Å². The van der Waals surface area contributed by atoms with Gasteiger partial charge in [-0.25, -0.2) is 0 Å². The fourth-order valence-corrected chi connectivity index (χ4v) is 3.90. The van der Waals surface area contributed by atoms with Crippen molar-refractivity contribution in [1.29, 1.82) is 0 Å². The van der Waals surface area contributed by atoms with Gasteiger partial charge in [0.05, 0.1) is 23.4 Å². The lowest BCUT2D eigenvalue weighted by molar-refractivity contribution is -0.149. The van der Waals surface area contributed by atoms with Gasteiger partial charge in [-0.15, -0.1) is 0 Å². The number of fused-ring (bicyclic) bond motifs is 1. The second-order valence-electron chi connectivity index (χ2n) is 6.99. The molecule has 1 aromatic carbocycles. The highest BCUT2D eigenvalue weighted by atomic mass is 32.1. The molecule has 1 fully saturated rings. The first-order valence-corrected chi connectivity index (χ1v) is 10.1. The molecule has 150 valence electrons. The largest absolute Gasteiger partial charge is 0.466 e. The van der Waals surface area contributed by atoms with Gasteiger partial charge in [0.2, 0.25) is 0 Å². The van der Waals surface area contributed by atoms with Gasteiger partial charge in [-0.3, -0.25) is 19.0 Å². The molecule has 1 aliphatic rings. The second-order valence-corrected chi connectivity index (χ2v) is 7.38. The summed E-state index contributed by atoms with van der Waals surface area (Å²) in [6.07, 6.45) is 2.29. The first kappa shape index (κ1) is 20.3. The Kier molecular flexibility index (Phi) is 6.28. The number of esters is 1. The molecule has 0 unspecified atom stereocenters. The van der Waals surface area contributed by atoms with Crippen molar-refractivity contribution in [3.05, 3.63) is 38.9 Å². The molecule has 0 radical (unpaired) electrons. The van der Waals surface area contributed by atoms with E-state index in [1.807, 2.05) is 6.92 Å². The number of likely N-dealkylation sites (tertiary alicyclic amines) is 1. The molecule has 28 heavy (non-hydrogen) atoms. The molecule has 1 amide bonds. The molecular formula is C20H25N3O4S. The second kappa shape index (κ2) is 8.68. The molecule has 1 aliphatic heterocycles. The number of aromatic nitrogens is 2. The number of nitrogens with zero attached hydrogens (tertiary/aromatic N) is 2. The van der Waals surface area contributed by atoms with Crippen LogP contribution in [-0.2, 0) is 16.1 Å². The summed E-state index contributed by atoms with van der Waals surface area (Å²) in [5, 5.41) is 0.502.